The van der Waals surface area contributed by atoms with Crippen molar-refractivity contribution in [1.29, 1.82) is 0 Å². The molecule has 1 aromatic carbocycles. The number of benzene rings is 1. The van der Waals surface area contributed by atoms with Gasteiger partial charge in [0.2, 0.25) is 0 Å². The van der Waals surface area contributed by atoms with E-state index in [-0.39, 0.29) is 5.56 Å². The smallest absolute Gasteiger partial charge is 0.149 e. The minimum atomic E-state index is -0.678. The van der Waals surface area contributed by atoms with Gasteiger partial charge in [-0.25, -0.2) is 18.7 Å². The maximum atomic E-state index is 13.9. The van der Waals surface area contributed by atoms with Crippen molar-refractivity contribution in [2.45, 2.75) is 19.4 Å². The van der Waals surface area contributed by atoms with E-state index < -0.39 is 17.7 Å². The summed E-state index contributed by atoms with van der Waals surface area (Å²) in [6.45, 7) is 2.60. The van der Waals surface area contributed by atoms with E-state index in [1.807, 2.05) is 6.92 Å². The van der Waals surface area contributed by atoms with Crippen molar-refractivity contribution in [3.05, 3.63) is 59.7 Å². The van der Waals surface area contributed by atoms with Gasteiger partial charge in [0.15, 0.2) is 0 Å². The summed E-state index contributed by atoms with van der Waals surface area (Å²) in [6.07, 6.45) is 3.96. The molecule has 100 valence electrons. The van der Waals surface area contributed by atoms with Crippen molar-refractivity contribution in [2.24, 2.45) is 0 Å². The maximum absolute atomic E-state index is 13.9. The van der Waals surface area contributed by atoms with E-state index in [9.17, 15) is 8.78 Å². The third-order valence-corrected chi connectivity index (χ3v) is 2.73. The Kier molecular flexibility index (Phi) is 4.52. The first-order valence-electron chi connectivity index (χ1n) is 6.18. The average molecular weight is 263 g/mol. The van der Waals surface area contributed by atoms with Crippen LogP contribution in [0.25, 0.3) is 0 Å². The Morgan fingerprint density at radius 1 is 1.11 bits per heavy atom. The highest BCUT2D eigenvalue weighted by Crippen LogP contribution is 2.24. The summed E-state index contributed by atoms with van der Waals surface area (Å²) < 4.78 is 27.8. The molecule has 2 rings (SSSR count). The molecule has 0 radical (unpaired) electrons. The van der Waals surface area contributed by atoms with Crippen molar-refractivity contribution in [1.82, 2.24) is 15.3 Å². The van der Waals surface area contributed by atoms with Crippen LogP contribution in [0.5, 0.6) is 0 Å². The molecule has 1 N–H and O–H groups in total. The van der Waals surface area contributed by atoms with Crippen LogP contribution in [0.2, 0.25) is 0 Å². The number of hydrogen-bond acceptors (Lipinski definition) is 3. The number of nitrogens with zero attached hydrogens (tertiary/aromatic N) is 2. The molecule has 2 aromatic rings. The molecule has 19 heavy (non-hydrogen) atoms. The van der Waals surface area contributed by atoms with Crippen molar-refractivity contribution in [3.8, 4) is 0 Å². The summed E-state index contributed by atoms with van der Waals surface area (Å²) in [5.74, 6) is -0.831. The lowest BCUT2D eigenvalue weighted by molar-refractivity contribution is 0.491. The molecule has 0 aliphatic heterocycles. The van der Waals surface area contributed by atoms with Crippen LogP contribution in [0.15, 0.2) is 36.7 Å². The number of hydrogen-bond donors (Lipinski definition) is 1. The molecule has 0 bridgehead atoms. The fourth-order valence-electron chi connectivity index (χ4n) is 1.86. The highest BCUT2D eigenvalue weighted by molar-refractivity contribution is 5.28. The molecular weight excluding hydrogens is 248 g/mol. The fourth-order valence-corrected chi connectivity index (χ4v) is 1.86. The molecule has 0 aliphatic rings. The van der Waals surface area contributed by atoms with E-state index in [1.54, 1.807) is 18.5 Å². The van der Waals surface area contributed by atoms with Crippen LogP contribution in [0.1, 0.15) is 30.8 Å². The van der Waals surface area contributed by atoms with Crippen LogP contribution >= 0.6 is 0 Å². The molecule has 1 atom stereocenters. The van der Waals surface area contributed by atoms with E-state index in [1.165, 1.54) is 18.2 Å². The molecule has 1 aromatic heterocycles. The van der Waals surface area contributed by atoms with Gasteiger partial charge in [-0.1, -0.05) is 13.0 Å². The summed E-state index contributed by atoms with van der Waals surface area (Å²) >= 11 is 0. The molecule has 1 heterocycles. The van der Waals surface area contributed by atoms with Gasteiger partial charge in [-0.15, -0.1) is 0 Å². The Morgan fingerprint density at radius 2 is 1.74 bits per heavy atom. The lowest BCUT2D eigenvalue weighted by Gasteiger charge is -2.18. The molecule has 0 amide bonds. The Labute approximate surface area is 110 Å². The zero-order valence-corrected chi connectivity index (χ0v) is 10.6. The van der Waals surface area contributed by atoms with Crippen LogP contribution in [0, 0.1) is 11.6 Å². The zero-order valence-electron chi connectivity index (χ0n) is 10.6. The molecule has 1 unspecified atom stereocenters. The Balaban J connectivity index is 2.43. The van der Waals surface area contributed by atoms with E-state index in [0.717, 1.165) is 6.42 Å². The Morgan fingerprint density at radius 3 is 2.32 bits per heavy atom. The predicted octanol–water partition coefficient (Wildman–Crippen LogP) is 2.84. The van der Waals surface area contributed by atoms with Gasteiger partial charge in [-0.2, -0.15) is 0 Å². The van der Waals surface area contributed by atoms with E-state index in [2.05, 4.69) is 15.3 Å². The van der Waals surface area contributed by atoms with Gasteiger partial charge in [0, 0.05) is 18.0 Å². The van der Waals surface area contributed by atoms with Gasteiger partial charge in [-0.3, -0.25) is 0 Å². The quantitative estimate of drug-likeness (QED) is 0.901. The summed E-state index contributed by atoms with van der Waals surface area (Å²) in [5, 5.41) is 3.08. The molecular formula is C14H15F2N3. The van der Waals surface area contributed by atoms with Crippen LogP contribution in [0.4, 0.5) is 8.78 Å². The van der Waals surface area contributed by atoms with Crippen molar-refractivity contribution in [3.63, 3.8) is 0 Å². The summed E-state index contributed by atoms with van der Waals surface area (Å²) in [5.41, 5.74) is -0.0397. The van der Waals surface area contributed by atoms with Crippen molar-refractivity contribution in [2.75, 3.05) is 6.54 Å². The van der Waals surface area contributed by atoms with Gasteiger partial charge in [0.05, 0.1) is 6.04 Å². The van der Waals surface area contributed by atoms with E-state index in [4.69, 9.17) is 0 Å². The summed E-state index contributed by atoms with van der Waals surface area (Å²) in [4.78, 5) is 8.17. The molecule has 5 heteroatoms. The van der Waals surface area contributed by atoms with Crippen LogP contribution in [-0.4, -0.2) is 16.5 Å². The first-order chi connectivity index (χ1) is 9.24. The number of aromatic nitrogens is 2. The fraction of sp³-hybridized carbons (Fsp3) is 0.286. The normalized spacial score (nSPS) is 12.4. The molecule has 0 aliphatic carbocycles. The lowest BCUT2D eigenvalue weighted by atomic mass is 10.0. The number of rotatable bonds is 5. The van der Waals surface area contributed by atoms with E-state index in [0.29, 0.717) is 12.4 Å². The monoisotopic (exact) mass is 263 g/mol. The van der Waals surface area contributed by atoms with Crippen molar-refractivity contribution >= 4 is 0 Å². The molecule has 0 saturated heterocycles. The number of halogens is 2. The van der Waals surface area contributed by atoms with Crippen molar-refractivity contribution < 1.29 is 8.78 Å². The van der Waals surface area contributed by atoms with Crippen LogP contribution in [0.3, 0.4) is 0 Å². The standard InChI is InChI=1S/C14H15F2N3/c1-2-7-17-13(14-18-8-4-9-19-14)12-10(15)5-3-6-11(12)16/h3-6,8-9,13,17H,2,7H2,1H3. The zero-order chi connectivity index (χ0) is 13.7. The first kappa shape index (κ1) is 13.5. The summed E-state index contributed by atoms with van der Waals surface area (Å²) in [6, 6.07) is 4.81. The molecule has 0 spiro atoms. The van der Waals surface area contributed by atoms with Gasteiger partial charge in [-0.05, 0) is 31.2 Å². The van der Waals surface area contributed by atoms with Gasteiger partial charge in [0.1, 0.15) is 17.5 Å². The van der Waals surface area contributed by atoms with Crippen LogP contribution < -0.4 is 5.32 Å². The third-order valence-electron chi connectivity index (χ3n) is 2.73. The minimum absolute atomic E-state index is 0.0397. The second kappa shape index (κ2) is 6.33. The maximum Gasteiger partial charge on any atom is 0.149 e. The molecule has 0 fully saturated rings. The third kappa shape index (κ3) is 3.12. The van der Waals surface area contributed by atoms with Gasteiger partial charge in [0.25, 0.3) is 0 Å². The summed E-state index contributed by atoms with van der Waals surface area (Å²) in [7, 11) is 0. The SMILES string of the molecule is CCCNC(c1ncccn1)c1c(F)cccc1F. The minimum Gasteiger partial charge on any atom is -0.303 e. The lowest BCUT2D eigenvalue weighted by Crippen LogP contribution is -2.26. The average Bonchev–Trinajstić information content (AvgIpc) is 2.43. The predicted molar refractivity (Wildman–Crippen MR) is 68.5 cm³/mol. The topological polar surface area (TPSA) is 37.8 Å². The Hall–Kier alpha value is -1.88. The van der Waals surface area contributed by atoms with Crippen LogP contribution in [-0.2, 0) is 0 Å². The highest BCUT2D eigenvalue weighted by atomic mass is 19.1. The first-order valence-corrected chi connectivity index (χ1v) is 6.18. The molecule has 3 nitrogen and oxygen atoms in total. The largest absolute Gasteiger partial charge is 0.303 e. The second-order valence-corrected chi connectivity index (χ2v) is 4.13. The Bertz CT molecular complexity index is 511. The number of nitrogens with one attached hydrogen (secondary N) is 1. The van der Waals surface area contributed by atoms with Gasteiger partial charge >= 0.3 is 0 Å². The second-order valence-electron chi connectivity index (χ2n) is 4.13. The van der Waals surface area contributed by atoms with Gasteiger partial charge < -0.3 is 5.32 Å². The highest BCUT2D eigenvalue weighted by Gasteiger charge is 2.23. The molecule has 0 saturated carbocycles. The van der Waals surface area contributed by atoms with E-state index >= 15 is 0 Å².